The molecule has 0 spiro atoms. The summed E-state index contributed by atoms with van der Waals surface area (Å²) >= 11 is 7.08. The maximum absolute atomic E-state index is 6.09. The second-order valence-corrected chi connectivity index (χ2v) is 6.00. The van der Waals surface area contributed by atoms with Crippen molar-refractivity contribution < 1.29 is 0 Å². The monoisotopic (exact) mass is 331 g/mol. The third-order valence-electron chi connectivity index (χ3n) is 3.14. The van der Waals surface area contributed by atoms with Gasteiger partial charge in [0.1, 0.15) is 0 Å². The van der Waals surface area contributed by atoms with Crippen LogP contribution < -0.4 is 5.73 Å². The van der Waals surface area contributed by atoms with Crippen molar-refractivity contribution in [2.75, 3.05) is 5.73 Å². The summed E-state index contributed by atoms with van der Waals surface area (Å²) in [7, 11) is 0. The van der Waals surface area contributed by atoms with Gasteiger partial charge in [0.2, 0.25) is 0 Å². The van der Waals surface area contributed by atoms with Crippen LogP contribution in [-0.2, 0) is 0 Å². The van der Waals surface area contributed by atoms with Gasteiger partial charge < -0.3 is 5.73 Å². The first kappa shape index (κ1) is 11.5. The lowest BCUT2D eigenvalue weighted by atomic mass is 9.83. The van der Waals surface area contributed by atoms with Gasteiger partial charge in [-0.2, -0.15) is 0 Å². The molecule has 0 amide bonds. The average Bonchev–Trinajstić information content (AvgIpc) is 2.17. The molecule has 0 aliphatic heterocycles. The van der Waals surface area contributed by atoms with Crippen LogP contribution in [0.15, 0.2) is 21.1 Å². The molecule has 1 aromatic carbocycles. The van der Waals surface area contributed by atoms with Gasteiger partial charge in [0, 0.05) is 14.6 Å². The zero-order chi connectivity index (χ0) is 10.8. The van der Waals surface area contributed by atoms with E-state index in [1.807, 2.05) is 6.07 Å². The minimum Gasteiger partial charge on any atom is -0.398 e. The highest BCUT2D eigenvalue weighted by Gasteiger charge is 2.20. The summed E-state index contributed by atoms with van der Waals surface area (Å²) in [6, 6.07) is 4.11. The zero-order valence-corrected chi connectivity index (χ0v) is 11.8. The first-order chi connectivity index (χ1) is 7.18. The van der Waals surface area contributed by atoms with E-state index in [1.54, 1.807) is 0 Å². The van der Waals surface area contributed by atoms with Gasteiger partial charge in [-0.25, -0.2) is 0 Å². The van der Waals surface area contributed by atoms with E-state index in [-0.39, 0.29) is 0 Å². The number of hydrogen-bond donors (Lipinski definition) is 1. The molecule has 0 radical (unpaired) electrons. The second kappa shape index (κ2) is 4.88. The number of halogens is 2. The van der Waals surface area contributed by atoms with Crippen LogP contribution in [0.2, 0.25) is 0 Å². The van der Waals surface area contributed by atoms with Gasteiger partial charge in [0.15, 0.2) is 0 Å². The first-order valence-corrected chi connectivity index (χ1v) is 7.01. The number of rotatable bonds is 1. The molecule has 0 unspecified atom stereocenters. The van der Waals surface area contributed by atoms with Crippen molar-refractivity contribution in [1.29, 1.82) is 0 Å². The fourth-order valence-electron chi connectivity index (χ4n) is 2.43. The fourth-order valence-corrected chi connectivity index (χ4v) is 4.01. The summed E-state index contributed by atoms with van der Waals surface area (Å²) in [6.07, 6.45) is 6.62. The van der Waals surface area contributed by atoms with Crippen molar-refractivity contribution in [3.63, 3.8) is 0 Å². The molecule has 1 nitrogen and oxygen atoms in total. The molecule has 3 heteroatoms. The maximum Gasteiger partial charge on any atom is 0.0372 e. The average molecular weight is 333 g/mol. The summed E-state index contributed by atoms with van der Waals surface area (Å²) < 4.78 is 2.20. The number of nitrogen functional groups attached to an aromatic ring is 1. The van der Waals surface area contributed by atoms with Crippen molar-refractivity contribution in [3.8, 4) is 0 Å². The molecule has 0 bridgehead atoms. The highest BCUT2D eigenvalue weighted by Crippen LogP contribution is 2.40. The molecule has 2 N–H and O–H groups in total. The Morgan fingerprint density at radius 1 is 1.07 bits per heavy atom. The molecule has 0 saturated heterocycles. The Labute approximate surface area is 108 Å². The van der Waals surface area contributed by atoms with Crippen LogP contribution in [0.3, 0.4) is 0 Å². The Morgan fingerprint density at radius 3 is 2.33 bits per heavy atom. The summed E-state index contributed by atoms with van der Waals surface area (Å²) in [5.41, 5.74) is 8.33. The lowest BCUT2D eigenvalue weighted by Crippen LogP contribution is -2.08. The molecule has 1 aliphatic carbocycles. The van der Waals surface area contributed by atoms with E-state index in [1.165, 1.54) is 37.7 Å². The van der Waals surface area contributed by atoms with E-state index in [4.69, 9.17) is 5.73 Å². The van der Waals surface area contributed by atoms with E-state index < -0.39 is 0 Å². The molecule has 0 heterocycles. The zero-order valence-electron chi connectivity index (χ0n) is 8.60. The summed E-state index contributed by atoms with van der Waals surface area (Å²) in [5.74, 6) is 0.654. The topological polar surface area (TPSA) is 26.0 Å². The van der Waals surface area contributed by atoms with Crippen LogP contribution >= 0.6 is 31.9 Å². The number of benzene rings is 1. The van der Waals surface area contributed by atoms with E-state index in [9.17, 15) is 0 Å². The predicted octanol–water partition coefficient (Wildman–Crippen LogP) is 4.84. The summed E-state index contributed by atoms with van der Waals surface area (Å²) in [6.45, 7) is 0. The lowest BCUT2D eigenvalue weighted by molar-refractivity contribution is 0.443. The molecule has 1 fully saturated rings. The minimum atomic E-state index is 0.654. The Morgan fingerprint density at radius 2 is 1.73 bits per heavy atom. The Bertz CT molecular complexity index is 334. The van der Waals surface area contributed by atoms with E-state index in [2.05, 4.69) is 37.9 Å². The van der Waals surface area contributed by atoms with Crippen molar-refractivity contribution in [2.24, 2.45) is 0 Å². The van der Waals surface area contributed by atoms with Crippen LogP contribution in [0, 0.1) is 0 Å². The van der Waals surface area contributed by atoms with Gasteiger partial charge in [0.05, 0.1) is 0 Å². The standard InChI is InChI=1S/C12H15Br2N/c13-9-6-10(14)12(11(15)7-9)8-4-2-1-3-5-8/h6-8H,1-5,15H2. The highest BCUT2D eigenvalue weighted by atomic mass is 79.9. The van der Waals surface area contributed by atoms with Gasteiger partial charge in [0.25, 0.3) is 0 Å². The minimum absolute atomic E-state index is 0.654. The van der Waals surface area contributed by atoms with Crippen LogP contribution in [0.1, 0.15) is 43.6 Å². The van der Waals surface area contributed by atoms with E-state index >= 15 is 0 Å². The van der Waals surface area contributed by atoms with Crippen LogP contribution in [0.25, 0.3) is 0 Å². The molecule has 15 heavy (non-hydrogen) atoms. The van der Waals surface area contributed by atoms with Gasteiger partial charge in [-0.15, -0.1) is 0 Å². The largest absolute Gasteiger partial charge is 0.398 e. The molecule has 1 saturated carbocycles. The molecule has 1 aromatic rings. The molecule has 0 atom stereocenters. The summed E-state index contributed by atoms with van der Waals surface area (Å²) in [5, 5.41) is 0. The smallest absolute Gasteiger partial charge is 0.0372 e. The molecule has 1 aliphatic rings. The van der Waals surface area contributed by atoms with Crippen molar-refractivity contribution in [1.82, 2.24) is 0 Å². The molecule has 82 valence electrons. The molecule has 2 rings (SSSR count). The SMILES string of the molecule is Nc1cc(Br)cc(Br)c1C1CCCCC1. The van der Waals surface area contributed by atoms with Gasteiger partial charge in [-0.1, -0.05) is 51.1 Å². The molecular weight excluding hydrogens is 318 g/mol. The van der Waals surface area contributed by atoms with Crippen molar-refractivity contribution in [2.45, 2.75) is 38.0 Å². The normalized spacial score (nSPS) is 18.0. The van der Waals surface area contributed by atoms with Crippen LogP contribution in [0.5, 0.6) is 0 Å². The first-order valence-electron chi connectivity index (χ1n) is 5.43. The van der Waals surface area contributed by atoms with Gasteiger partial charge >= 0.3 is 0 Å². The molecule has 0 aromatic heterocycles. The summed E-state index contributed by atoms with van der Waals surface area (Å²) in [4.78, 5) is 0. The van der Waals surface area contributed by atoms with E-state index in [0.29, 0.717) is 5.92 Å². The Balaban J connectivity index is 2.33. The number of nitrogens with two attached hydrogens (primary N) is 1. The Hall–Kier alpha value is -0.0200. The quantitative estimate of drug-likeness (QED) is 0.731. The fraction of sp³-hybridized carbons (Fsp3) is 0.500. The molecular formula is C12H15Br2N. The van der Waals surface area contributed by atoms with Crippen LogP contribution in [-0.4, -0.2) is 0 Å². The van der Waals surface area contributed by atoms with Gasteiger partial charge in [-0.05, 0) is 36.5 Å². The second-order valence-electron chi connectivity index (χ2n) is 4.23. The van der Waals surface area contributed by atoms with Gasteiger partial charge in [-0.3, -0.25) is 0 Å². The predicted molar refractivity (Wildman–Crippen MR) is 72.1 cm³/mol. The van der Waals surface area contributed by atoms with Crippen molar-refractivity contribution >= 4 is 37.5 Å². The van der Waals surface area contributed by atoms with E-state index in [0.717, 1.165) is 14.6 Å². The number of anilines is 1. The Kier molecular flexibility index (Phi) is 3.73. The maximum atomic E-state index is 6.09. The van der Waals surface area contributed by atoms with Crippen LogP contribution in [0.4, 0.5) is 5.69 Å². The third-order valence-corrected chi connectivity index (χ3v) is 4.25. The third kappa shape index (κ3) is 2.56. The van der Waals surface area contributed by atoms with Crippen molar-refractivity contribution in [3.05, 3.63) is 26.6 Å². The highest BCUT2D eigenvalue weighted by molar-refractivity contribution is 9.11. The number of hydrogen-bond acceptors (Lipinski definition) is 1. The lowest BCUT2D eigenvalue weighted by Gasteiger charge is -2.24.